The number of hydrogen-bond donors (Lipinski definition) is 1. The number of carbonyl (C=O) groups excluding carboxylic acids is 1. The number of anilines is 1. The summed E-state index contributed by atoms with van der Waals surface area (Å²) in [5.41, 5.74) is 2.54. The van der Waals surface area contributed by atoms with E-state index in [4.69, 9.17) is 0 Å². The minimum Gasteiger partial charge on any atom is -0.295 e. The van der Waals surface area contributed by atoms with E-state index in [0.29, 0.717) is 10.8 Å². The zero-order valence-electron chi connectivity index (χ0n) is 14.5. The van der Waals surface area contributed by atoms with Crippen molar-refractivity contribution in [1.29, 1.82) is 0 Å². The van der Waals surface area contributed by atoms with Gasteiger partial charge in [-0.2, -0.15) is 0 Å². The number of nitrogens with one attached hydrogen (secondary N) is 1. The molecule has 0 aliphatic heterocycles. The van der Waals surface area contributed by atoms with Crippen molar-refractivity contribution in [2.24, 2.45) is 0 Å². The SMILES string of the molecule is CCc1nnc(NC(=O)c2nnn(-c3ccccc3)c2-c2ccccc2)s1. The third kappa shape index (κ3) is 3.47. The van der Waals surface area contributed by atoms with Crippen molar-refractivity contribution in [2.45, 2.75) is 13.3 Å². The first-order valence-corrected chi connectivity index (χ1v) is 9.28. The maximum Gasteiger partial charge on any atom is 0.280 e. The lowest BCUT2D eigenvalue weighted by Gasteiger charge is -2.08. The highest BCUT2D eigenvalue weighted by atomic mass is 32.1. The van der Waals surface area contributed by atoms with Gasteiger partial charge in [0.25, 0.3) is 5.91 Å². The molecular formula is C19H16N6OS. The number of aryl methyl sites for hydroxylation is 1. The molecule has 7 nitrogen and oxygen atoms in total. The van der Waals surface area contributed by atoms with Crippen molar-refractivity contribution < 1.29 is 4.79 Å². The smallest absolute Gasteiger partial charge is 0.280 e. The molecule has 0 radical (unpaired) electrons. The van der Waals surface area contributed by atoms with Gasteiger partial charge < -0.3 is 0 Å². The van der Waals surface area contributed by atoms with E-state index in [1.807, 2.05) is 67.6 Å². The molecule has 8 heteroatoms. The van der Waals surface area contributed by atoms with Gasteiger partial charge in [-0.3, -0.25) is 10.1 Å². The lowest BCUT2D eigenvalue weighted by molar-refractivity contribution is 0.102. The highest BCUT2D eigenvalue weighted by Gasteiger charge is 2.23. The molecule has 0 unspecified atom stereocenters. The molecule has 27 heavy (non-hydrogen) atoms. The fourth-order valence-corrected chi connectivity index (χ4v) is 3.32. The van der Waals surface area contributed by atoms with Crippen LogP contribution in [-0.4, -0.2) is 31.1 Å². The standard InChI is InChI=1S/C19H16N6OS/c1-2-15-21-23-19(27-15)20-18(26)16-17(13-9-5-3-6-10-13)25(24-22-16)14-11-7-4-8-12-14/h3-12H,2H2,1H3,(H,20,23,26). The molecule has 0 fully saturated rings. The maximum absolute atomic E-state index is 12.9. The summed E-state index contributed by atoms with van der Waals surface area (Å²) in [7, 11) is 0. The van der Waals surface area contributed by atoms with E-state index in [1.165, 1.54) is 11.3 Å². The van der Waals surface area contributed by atoms with E-state index in [9.17, 15) is 4.79 Å². The van der Waals surface area contributed by atoms with Gasteiger partial charge in [-0.25, -0.2) is 4.68 Å². The summed E-state index contributed by atoms with van der Waals surface area (Å²) in [6.45, 7) is 1.99. The van der Waals surface area contributed by atoms with Crippen LogP contribution in [0.25, 0.3) is 16.9 Å². The second-order valence-corrected chi connectivity index (χ2v) is 6.77. The molecule has 1 N–H and O–H groups in total. The second-order valence-electron chi connectivity index (χ2n) is 5.71. The van der Waals surface area contributed by atoms with E-state index in [0.717, 1.165) is 22.7 Å². The number of amides is 1. The number of para-hydroxylation sites is 1. The molecule has 1 amide bonds. The number of aromatic nitrogens is 5. The Balaban J connectivity index is 1.76. The average molecular weight is 376 g/mol. The summed E-state index contributed by atoms with van der Waals surface area (Å²) < 4.78 is 1.67. The van der Waals surface area contributed by atoms with Gasteiger partial charge in [-0.15, -0.1) is 15.3 Å². The zero-order chi connectivity index (χ0) is 18.6. The molecule has 2 aromatic carbocycles. The van der Waals surface area contributed by atoms with Crippen LogP contribution in [0.15, 0.2) is 60.7 Å². The Labute approximate surface area is 159 Å². The number of rotatable bonds is 5. The highest BCUT2D eigenvalue weighted by Crippen LogP contribution is 2.26. The lowest BCUT2D eigenvalue weighted by Crippen LogP contribution is -2.14. The number of carbonyl (C=O) groups is 1. The molecule has 0 saturated carbocycles. The summed E-state index contributed by atoms with van der Waals surface area (Å²) in [4.78, 5) is 12.9. The molecule has 4 rings (SSSR count). The van der Waals surface area contributed by atoms with Gasteiger partial charge in [0.2, 0.25) is 5.13 Å². The molecule has 0 aliphatic carbocycles. The Morgan fingerprint density at radius 2 is 1.70 bits per heavy atom. The molecule has 2 heterocycles. The highest BCUT2D eigenvalue weighted by molar-refractivity contribution is 7.15. The van der Waals surface area contributed by atoms with E-state index in [-0.39, 0.29) is 11.6 Å². The fourth-order valence-electron chi connectivity index (χ4n) is 2.64. The molecule has 0 atom stereocenters. The molecule has 0 spiro atoms. The third-order valence-corrected chi connectivity index (χ3v) is 4.91. The van der Waals surface area contributed by atoms with Crippen LogP contribution < -0.4 is 5.32 Å². The number of hydrogen-bond acceptors (Lipinski definition) is 6. The second kappa shape index (κ2) is 7.46. The van der Waals surface area contributed by atoms with Crippen molar-refractivity contribution in [3.05, 3.63) is 71.4 Å². The van der Waals surface area contributed by atoms with Crippen LogP contribution >= 0.6 is 11.3 Å². The first-order chi connectivity index (χ1) is 13.3. The van der Waals surface area contributed by atoms with Gasteiger partial charge in [0.05, 0.1) is 5.69 Å². The van der Waals surface area contributed by atoms with Crippen LogP contribution in [0, 0.1) is 0 Å². The van der Waals surface area contributed by atoms with Crippen molar-refractivity contribution in [2.75, 3.05) is 5.32 Å². The van der Waals surface area contributed by atoms with Crippen LogP contribution in [0.1, 0.15) is 22.4 Å². The van der Waals surface area contributed by atoms with Gasteiger partial charge in [0.1, 0.15) is 10.7 Å². The number of benzene rings is 2. The molecule has 0 bridgehead atoms. The molecule has 0 aliphatic rings. The van der Waals surface area contributed by atoms with Crippen LogP contribution in [0.4, 0.5) is 5.13 Å². The molecule has 0 saturated heterocycles. The van der Waals surface area contributed by atoms with Gasteiger partial charge in [-0.1, -0.05) is 72.0 Å². The Morgan fingerprint density at radius 1 is 1.00 bits per heavy atom. The van der Waals surface area contributed by atoms with Crippen molar-refractivity contribution in [3.63, 3.8) is 0 Å². The normalized spacial score (nSPS) is 10.7. The molecule has 4 aromatic rings. The Morgan fingerprint density at radius 3 is 2.37 bits per heavy atom. The predicted octanol–water partition coefficient (Wildman–Crippen LogP) is 3.60. The van der Waals surface area contributed by atoms with Gasteiger partial charge in [0.15, 0.2) is 5.69 Å². The topological polar surface area (TPSA) is 85.6 Å². The first kappa shape index (κ1) is 17.0. The van der Waals surface area contributed by atoms with E-state index in [1.54, 1.807) is 4.68 Å². The molecule has 134 valence electrons. The van der Waals surface area contributed by atoms with Crippen LogP contribution in [-0.2, 0) is 6.42 Å². The van der Waals surface area contributed by atoms with Crippen molar-refractivity contribution >= 4 is 22.4 Å². The molecule has 2 aromatic heterocycles. The first-order valence-electron chi connectivity index (χ1n) is 8.46. The zero-order valence-corrected chi connectivity index (χ0v) is 15.3. The Kier molecular flexibility index (Phi) is 4.71. The van der Waals surface area contributed by atoms with E-state index < -0.39 is 0 Å². The maximum atomic E-state index is 12.9. The lowest BCUT2D eigenvalue weighted by atomic mass is 10.1. The summed E-state index contributed by atoms with van der Waals surface area (Å²) in [6, 6.07) is 19.2. The monoisotopic (exact) mass is 376 g/mol. The van der Waals surface area contributed by atoms with Crippen LogP contribution in [0.5, 0.6) is 0 Å². The predicted molar refractivity (Wildman–Crippen MR) is 104 cm³/mol. The van der Waals surface area contributed by atoms with Gasteiger partial charge in [-0.05, 0) is 18.6 Å². The van der Waals surface area contributed by atoms with E-state index >= 15 is 0 Å². The van der Waals surface area contributed by atoms with Crippen LogP contribution in [0.3, 0.4) is 0 Å². The summed E-state index contributed by atoms with van der Waals surface area (Å²) in [6.07, 6.45) is 0.771. The fraction of sp³-hybridized carbons (Fsp3) is 0.105. The molecular weight excluding hydrogens is 360 g/mol. The third-order valence-electron chi connectivity index (χ3n) is 3.92. The largest absolute Gasteiger partial charge is 0.295 e. The minimum atomic E-state index is -0.366. The Bertz CT molecular complexity index is 1060. The summed E-state index contributed by atoms with van der Waals surface area (Å²) in [5, 5.41) is 20.5. The van der Waals surface area contributed by atoms with Gasteiger partial charge in [0, 0.05) is 5.56 Å². The average Bonchev–Trinajstić information content (AvgIpc) is 3.36. The van der Waals surface area contributed by atoms with Gasteiger partial charge >= 0.3 is 0 Å². The van der Waals surface area contributed by atoms with Crippen molar-refractivity contribution in [1.82, 2.24) is 25.2 Å². The minimum absolute atomic E-state index is 0.235. The van der Waals surface area contributed by atoms with Crippen LogP contribution in [0.2, 0.25) is 0 Å². The van der Waals surface area contributed by atoms with E-state index in [2.05, 4.69) is 25.8 Å². The van der Waals surface area contributed by atoms with Crippen molar-refractivity contribution in [3.8, 4) is 16.9 Å². The number of nitrogens with zero attached hydrogens (tertiary/aromatic N) is 5. The quantitative estimate of drug-likeness (QED) is 0.575. The summed E-state index contributed by atoms with van der Waals surface area (Å²) >= 11 is 1.35. The Hall–Kier alpha value is -3.39. The summed E-state index contributed by atoms with van der Waals surface area (Å²) in [5.74, 6) is -0.366.